The van der Waals surface area contributed by atoms with Crippen molar-refractivity contribution in [2.75, 3.05) is 46.1 Å². The van der Waals surface area contributed by atoms with Gasteiger partial charge in [0.25, 0.3) is 0 Å². The van der Waals surface area contributed by atoms with E-state index in [4.69, 9.17) is 9.15 Å². The minimum absolute atomic E-state index is 0. The van der Waals surface area contributed by atoms with E-state index in [2.05, 4.69) is 20.5 Å². The number of benzene rings is 1. The van der Waals surface area contributed by atoms with E-state index in [0.29, 0.717) is 31.4 Å². The second-order valence-corrected chi connectivity index (χ2v) is 9.26. The molecule has 1 atom stereocenters. The maximum atomic E-state index is 11.5. The van der Waals surface area contributed by atoms with Crippen LogP contribution >= 0.6 is 24.0 Å². The van der Waals surface area contributed by atoms with Gasteiger partial charge in [0, 0.05) is 19.8 Å². The molecule has 0 saturated carbocycles. The molecule has 0 amide bonds. The summed E-state index contributed by atoms with van der Waals surface area (Å²) in [6, 6.07) is 10.5. The first-order valence-corrected chi connectivity index (χ1v) is 12.0. The highest BCUT2D eigenvalue weighted by molar-refractivity contribution is 14.0. The minimum atomic E-state index is -3.20. The van der Waals surface area contributed by atoms with Crippen molar-refractivity contribution in [3.63, 3.8) is 0 Å². The monoisotopic (exact) mass is 562 g/mol. The number of ether oxygens (including phenoxy) is 1. The number of rotatable bonds is 9. The normalized spacial score (nSPS) is 15.9. The van der Waals surface area contributed by atoms with E-state index in [1.807, 2.05) is 12.1 Å². The lowest BCUT2D eigenvalue weighted by molar-refractivity contribution is 0.215. The highest BCUT2D eigenvalue weighted by atomic mass is 127. The first-order valence-electron chi connectivity index (χ1n) is 10.1. The highest BCUT2D eigenvalue weighted by Gasteiger charge is 2.25. The zero-order chi connectivity index (χ0) is 21.4. The van der Waals surface area contributed by atoms with Crippen LogP contribution in [0.1, 0.15) is 24.6 Å². The number of furan rings is 1. The zero-order valence-electron chi connectivity index (χ0n) is 17.9. The van der Waals surface area contributed by atoms with E-state index in [0.717, 1.165) is 18.8 Å². The number of guanidine groups is 1. The summed E-state index contributed by atoms with van der Waals surface area (Å²) in [7, 11) is -1.46. The van der Waals surface area contributed by atoms with E-state index in [9.17, 15) is 8.42 Å². The molecular weight excluding hydrogens is 531 g/mol. The number of halogens is 1. The van der Waals surface area contributed by atoms with Crippen molar-refractivity contribution < 1.29 is 17.6 Å². The molecule has 1 fully saturated rings. The van der Waals surface area contributed by atoms with Gasteiger partial charge in [-0.25, -0.2) is 8.42 Å². The molecule has 2 heterocycles. The Morgan fingerprint density at radius 2 is 1.90 bits per heavy atom. The Balaban J connectivity index is 0.00000341. The first-order chi connectivity index (χ1) is 14.5. The van der Waals surface area contributed by atoms with Crippen molar-refractivity contribution in [1.29, 1.82) is 0 Å². The Kier molecular flexibility index (Phi) is 10.1. The molecule has 31 heavy (non-hydrogen) atoms. The van der Waals surface area contributed by atoms with Gasteiger partial charge in [0.05, 0.1) is 23.7 Å². The Morgan fingerprint density at radius 1 is 1.19 bits per heavy atom. The van der Waals surface area contributed by atoms with Crippen LogP contribution in [0.3, 0.4) is 0 Å². The van der Waals surface area contributed by atoms with Crippen LogP contribution in [-0.4, -0.2) is 65.4 Å². The van der Waals surface area contributed by atoms with Gasteiger partial charge < -0.3 is 19.8 Å². The molecule has 8 nitrogen and oxygen atoms in total. The Morgan fingerprint density at radius 3 is 2.48 bits per heavy atom. The Labute approximate surface area is 201 Å². The molecule has 1 aliphatic rings. The lowest BCUT2D eigenvalue weighted by Crippen LogP contribution is -2.43. The van der Waals surface area contributed by atoms with E-state index in [1.54, 1.807) is 37.6 Å². The number of nitrogens with zero attached hydrogens (tertiary/aromatic N) is 2. The zero-order valence-corrected chi connectivity index (χ0v) is 21.1. The Hall–Kier alpha value is -1.79. The molecule has 1 aromatic heterocycles. The molecule has 1 aliphatic heterocycles. The van der Waals surface area contributed by atoms with E-state index >= 15 is 0 Å². The van der Waals surface area contributed by atoms with Crippen molar-refractivity contribution in [1.82, 2.24) is 15.5 Å². The number of sulfone groups is 1. The summed E-state index contributed by atoms with van der Waals surface area (Å²) in [6.45, 7) is 3.83. The molecular formula is C21H31IN4O4S. The smallest absolute Gasteiger partial charge is 0.191 e. The number of hydrogen-bond acceptors (Lipinski definition) is 6. The van der Waals surface area contributed by atoms with Gasteiger partial charge in [0.15, 0.2) is 15.8 Å². The number of likely N-dealkylation sites (tertiary alicyclic amines) is 1. The quantitative estimate of drug-likeness (QED) is 0.210. The minimum Gasteiger partial charge on any atom is -0.492 e. The van der Waals surface area contributed by atoms with Gasteiger partial charge in [-0.1, -0.05) is 0 Å². The average Bonchev–Trinajstić information content (AvgIpc) is 3.44. The maximum Gasteiger partial charge on any atom is 0.191 e. The molecule has 1 aromatic carbocycles. The summed E-state index contributed by atoms with van der Waals surface area (Å²) < 4.78 is 34.3. The van der Waals surface area contributed by atoms with Crippen LogP contribution in [0.5, 0.6) is 5.75 Å². The molecule has 10 heteroatoms. The summed E-state index contributed by atoms with van der Waals surface area (Å²) in [5.41, 5.74) is 0. The van der Waals surface area contributed by atoms with Crippen LogP contribution < -0.4 is 15.4 Å². The maximum absolute atomic E-state index is 11.5. The molecule has 0 bridgehead atoms. The second-order valence-electron chi connectivity index (χ2n) is 7.25. The molecule has 3 rings (SSSR count). The average molecular weight is 562 g/mol. The van der Waals surface area contributed by atoms with Gasteiger partial charge in [0.2, 0.25) is 0 Å². The van der Waals surface area contributed by atoms with Crippen LogP contribution in [-0.2, 0) is 9.84 Å². The molecule has 1 saturated heterocycles. The number of nitrogens with one attached hydrogen (secondary N) is 2. The van der Waals surface area contributed by atoms with Gasteiger partial charge in [0.1, 0.15) is 18.1 Å². The topological polar surface area (TPSA) is 96.2 Å². The lowest BCUT2D eigenvalue weighted by Gasteiger charge is -2.26. The lowest BCUT2D eigenvalue weighted by atomic mass is 10.2. The summed E-state index contributed by atoms with van der Waals surface area (Å²) in [4.78, 5) is 6.99. The van der Waals surface area contributed by atoms with E-state index in [1.165, 1.54) is 19.1 Å². The van der Waals surface area contributed by atoms with Crippen molar-refractivity contribution in [2.24, 2.45) is 4.99 Å². The first kappa shape index (κ1) is 25.5. The molecule has 2 aromatic rings. The molecule has 172 valence electrons. The fourth-order valence-corrected chi connectivity index (χ4v) is 4.11. The molecule has 0 radical (unpaired) electrons. The number of hydrogen-bond donors (Lipinski definition) is 2. The molecule has 2 N–H and O–H groups in total. The third-order valence-corrected chi connectivity index (χ3v) is 6.18. The van der Waals surface area contributed by atoms with Gasteiger partial charge in [-0.15, -0.1) is 24.0 Å². The van der Waals surface area contributed by atoms with Crippen LogP contribution in [0.15, 0.2) is 57.0 Å². The summed E-state index contributed by atoms with van der Waals surface area (Å²) in [6.07, 6.45) is 5.33. The summed E-state index contributed by atoms with van der Waals surface area (Å²) in [5, 5.41) is 6.61. The standard InChI is InChI=1S/C21H30N4O4S.HI/c1-22-21(23-11-15-28-17-7-9-18(10-8-17)30(2,26)27)24-16-19(20-6-5-14-29-20)25-12-3-4-13-25;/h5-10,14,19H,3-4,11-13,15-16H2,1-2H3,(H2,22,23,24);1H. The van der Waals surface area contributed by atoms with E-state index < -0.39 is 9.84 Å². The second kappa shape index (κ2) is 12.3. The van der Waals surface area contributed by atoms with Crippen LogP contribution in [0, 0.1) is 0 Å². The van der Waals surface area contributed by atoms with Crippen molar-refractivity contribution in [2.45, 2.75) is 23.8 Å². The summed E-state index contributed by atoms with van der Waals surface area (Å²) in [5.74, 6) is 2.28. The molecule has 0 spiro atoms. The van der Waals surface area contributed by atoms with Crippen molar-refractivity contribution >= 4 is 39.8 Å². The molecule has 1 unspecified atom stereocenters. The van der Waals surface area contributed by atoms with Gasteiger partial charge >= 0.3 is 0 Å². The van der Waals surface area contributed by atoms with Gasteiger partial charge in [-0.2, -0.15) is 0 Å². The fraction of sp³-hybridized carbons (Fsp3) is 0.476. The predicted octanol–water partition coefficient (Wildman–Crippen LogP) is 2.68. The third-order valence-electron chi connectivity index (χ3n) is 5.05. The van der Waals surface area contributed by atoms with Crippen LogP contribution in [0.4, 0.5) is 0 Å². The van der Waals surface area contributed by atoms with Gasteiger partial charge in [-0.05, 0) is 62.3 Å². The van der Waals surface area contributed by atoms with Gasteiger partial charge in [-0.3, -0.25) is 9.89 Å². The fourth-order valence-electron chi connectivity index (χ4n) is 3.48. The predicted molar refractivity (Wildman–Crippen MR) is 132 cm³/mol. The molecule has 0 aliphatic carbocycles. The third kappa shape index (κ3) is 7.69. The largest absolute Gasteiger partial charge is 0.492 e. The van der Waals surface area contributed by atoms with E-state index in [-0.39, 0.29) is 34.9 Å². The summed E-state index contributed by atoms with van der Waals surface area (Å²) >= 11 is 0. The van der Waals surface area contributed by atoms with Crippen molar-refractivity contribution in [3.05, 3.63) is 48.4 Å². The highest BCUT2D eigenvalue weighted by Crippen LogP contribution is 2.24. The number of aliphatic imine (C=N–C) groups is 1. The van der Waals surface area contributed by atoms with Crippen LogP contribution in [0.25, 0.3) is 0 Å². The van der Waals surface area contributed by atoms with Crippen molar-refractivity contribution in [3.8, 4) is 5.75 Å². The Bertz CT molecular complexity index is 911. The SMILES string of the molecule is CN=C(NCCOc1ccc(S(C)(=O)=O)cc1)NCC(c1ccco1)N1CCCC1.I. The van der Waals surface area contributed by atoms with Crippen LogP contribution in [0.2, 0.25) is 0 Å².